The fourth-order valence-corrected chi connectivity index (χ4v) is 10.2. The van der Waals surface area contributed by atoms with E-state index in [1.807, 2.05) is 0 Å². The summed E-state index contributed by atoms with van der Waals surface area (Å²) in [7, 11) is 0. The van der Waals surface area contributed by atoms with E-state index >= 15 is 0 Å². The number of ether oxygens (including phenoxy) is 3. The Bertz CT molecular complexity index is 1470. The third-order valence-electron chi connectivity index (χ3n) is 15.4. The molecule has 0 fully saturated rings. The summed E-state index contributed by atoms with van der Waals surface area (Å²) in [5.74, 6) is -0.853. The van der Waals surface area contributed by atoms with Crippen molar-refractivity contribution in [3.63, 3.8) is 0 Å². The minimum Gasteiger partial charge on any atom is -0.462 e. The van der Waals surface area contributed by atoms with E-state index in [4.69, 9.17) is 14.2 Å². The van der Waals surface area contributed by atoms with E-state index in [9.17, 15) is 14.4 Å². The third-order valence-corrected chi connectivity index (χ3v) is 15.4. The number of hydrogen-bond donors (Lipinski definition) is 0. The SMILES string of the molecule is CC/C=C\C/C=C\C/C=C\C/C=C\CCCCCCCCCCCCCCCCCCC(=O)OCC(COC(=O)CCCCCCCCCCCCCCCC)OC(=O)CCCCCCCCCCC/C=C\C/C=C\CCCCC. The Morgan fingerprint density at radius 3 is 0.787 bits per heavy atom. The largest absolute Gasteiger partial charge is 0.462 e. The second-order valence-electron chi connectivity index (χ2n) is 23.4. The number of hydrogen-bond acceptors (Lipinski definition) is 6. The van der Waals surface area contributed by atoms with Gasteiger partial charge in [-0.2, -0.15) is 0 Å². The fraction of sp³-hybridized carbons (Fsp3) is 0.797. The van der Waals surface area contributed by atoms with Gasteiger partial charge in [0.1, 0.15) is 13.2 Å². The lowest BCUT2D eigenvalue weighted by Crippen LogP contribution is -2.30. The first-order valence-corrected chi connectivity index (χ1v) is 34.9. The minimum absolute atomic E-state index is 0.0715. The maximum absolute atomic E-state index is 12.9. The topological polar surface area (TPSA) is 78.9 Å². The van der Waals surface area contributed by atoms with Crippen LogP contribution < -0.4 is 0 Å². The molecule has 0 aliphatic carbocycles. The monoisotopic (exact) mass is 1120 g/mol. The number of rotatable bonds is 64. The van der Waals surface area contributed by atoms with Gasteiger partial charge in [-0.05, 0) is 89.9 Å². The van der Waals surface area contributed by atoms with Gasteiger partial charge < -0.3 is 14.2 Å². The zero-order valence-electron chi connectivity index (χ0n) is 53.3. The molecule has 0 aliphatic rings. The highest BCUT2D eigenvalue weighted by molar-refractivity contribution is 5.71. The first kappa shape index (κ1) is 76.9. The molecule has 1 atom stereocenters. The number of unbranched alkanes of at least 4 members (excludes halogenated alkanes) is 41. The second kappa shape index (κ2) is 68.3. The average Bonchev–Trinajstić information content (AvgIpc) is 3.46. The summed E-state index contributed by atoms with van der Waals surface area (Å²) in [6, 6.07) is 0. The molecule has 1 unspecified atom stereocenters. The lowest BCUT2D eigenvalue weighted by atomic mass is 10.0. The van der Waals surface area contributed by atoms with E-state index in [0.717, 1.165) is 89.9 Å². The highest BCUT2D eigenvalue weighted by Gasteiger charge is 2.19. The average molecular weight is 1120 g/mol. The van der Waals surface area contributed by atoms with E-state index in [-0.39, 0.29) is 31.1 Å². The molecule has 0 heterocycles. The molecule has 6 heteroatoms. The zero-order valence-corrected chi connectivity index (χ0v) is 53.3. The van der Waals surface area contributed by atoms with Crippen LogP contribution >= 0.6 is 0 Å². The first-order chi connectivity index (χ1) is 39.5. The van der Waals surface area contributed by atoms with Crippen molar-refractivity contribution >= 4 is 17.9 Å². The number of esters is 3. The van der Waals surface area contributed by atoms with Crippen molar-refractivity contribution in [3.05, 3.63) is 72.9 Å². The smallest absolute Gasteiger partial charge is 0.306 e. The van der Waals surface area contributed by atoms with Crippen molar-refractivity contribution in [2.24, 2.45) is 0 Å². The number of carbonyl (C=O) groups is 3. The molecule has 0 N–H and O–H groups in total. The van der Waals surface area contributed by atoms with Crippen molar-refractivity contribution in [2.75, 3.05) is 13.2 Å². The summed E-state index contributed by atoms with van der Waals surface area (Å²) in [5.41, 5.74) is 0. The molecule has 0 radical (unpaired) electrons. The molecule has 0 aliphatic heterocycles. The fourth-order valence-electron chi connectivity index (χ4n) is 10.2. The van der Waals surface area contributed by atoms with Crippen LogP contribution in [0.25, 0.3) is 0 Å². The molecule has 0 spiro atoms. The van der Waals surface area contributed by atoms with Gasteiger partial charge >= 0.3 is 17.9 Å². The van der Waals surface area contributed by atoms with E-state index in [0.29, 0.717) is 19.3 Å². The third kappa shape index (κ3) is 65.7. The van der Waals surface area contributed by atoms with Gasteiger partial charge in [0, 0.05) is 19.3 Å². The Hall–Kier alpha value is -3.15. The van der Waals surface area contributed by atoms with Gasteiger partial charge in [0.2, 0.25) is 0 Å². The van der Waals surface area contributed by atoms with E-state index in [1.165, 1.54) is 231 Å². The summed E-state index contributed by atoms with van der Waals surface area (Å²) >= 11 is 0. The van der Waals surface area contributed by atoms with Gasteiger partial charge in [-0.15, -0.1) is 0 Å². The molecule has 0 amide bonds. The van der Waals surface area contributed by atoms with Crippen LogP contribution in [0.5, 0.6) is 0 Å². The Labute approximate surface area is 497 Å². The van der Waals surface area contributed by atoms with Crippen LogP contribution in [-0.4, -0.2) is 37.2 Å². The van der Waals surface area contributed by atoms with E-state index < -0.39 is 6.10 Å². The van der Waals surface area contributed by atoms with Crippen molar-refractivity contribution in [3.8, 4) is 0 Å². The quantitative estimate of drug-likeness (QED) is 0.0261. The van der Waals surface area contributed by atoms with Crippen LogP contribution in [0.2, 0.25) is 0 Å². The standard InChI is InChI=1S/C74H132O6/c1-4-7-10-13-16-19-22-25-28-30-32-33-34-35-36-37-38-39-40-41-43-44-46-49-52-55-58-61-64-67-73(76)79-70-71(69-78-72(75)66-63-60-57-54-51-48-27-24-21-18-15-12-9-6-3)80-74(77)68-65-62-59-56-53-50-47-45-42-31-29-26-23-20-17-14-11-8-5-2/h7,10,16-17,19-20,25-26,28-29,32-33,71H,4-6,8-9,11-15,18,21-24,27,30-31,34-70H2,1-3H3/b10-7-,19-16-,20-17-,28-25-,29-26-,33-32-. The van der Waals surface area contributed by atoms with Crippen molar-refractivity contribution < 1.29 is 28.6 Å². The highest BCUT2D eigenvalue weighted by Crippen LogP contribution is 2.18. The molecule has 0 aromatic rings. The molecule has 6 nitrogen and oxygen atoms in total. The number of allylic oxidation sites excluding steroid dienone is 12. The van der Waals surface area contributed by atoms with Crippen molar-refractivity contribution in [2.45, 2.75) is 367 Å². The molecule has 464 valence electrons. The first-order valence-electron chi connectivity index (χ1n) is 34.9. The molecule has 0 aromatic heterocycles. The summed E-state index contributed by atoms with van der Waals surface area (Å²) < 4.78 is 17.0. The van der Waals surface area contributed by atoms with Crippen LogP contribution in [-0.2, 0) is 28.6 Å². The Balaban J connectivity index is 4.23. The Morgan fingerprint density at radius 1 is 0.263 bits per heavy atom. The number of carbonyl (C=O) groups excluding carboxylic acids is 3. The predicted octanol–water partition coefficient (Wildman–Crippen LogP) is 24.1. The lowest BCUT2D eigenvalue weighted by Gasteiger charge is -2.18. The molecule has 0 aromatic carbocycles. The zero-order chi connectivity index (χ0) is 57.8. The molecule has 0 saturated carbocycles. The summed E-state index contributed by atoms with van der Waals surface area (Å²) in [6.45, 7) is 6.56. The van der Waals surface area contributed by atoms with Crippen LogP contribution in [0.4, 0.5) is 0 Å². The van der Waals surface area contributed by atoms with Crippen LogP contribution in [0.15, 0.2) is 72.9 Å². The maximum Gasteiger partial charge on any atom is 0.306 e. The molecule has 0 rings (SSSR count). The second-order valence-corrected chi connectivity index (χ2v) is 23.4. The van der Waals surface area contributed by atoms with Crippen LogP contribution in [0.1, 0.15) is 361 Å². The minimum atomic E-state index is -0.776. The van der Waals surface area contributed by atoms with Crippen molar-refractivity contribution in [1.82, 2.24) is 0 Å². The van der Waals surface area contributed by atoms with Crippen LogP contribution in [0.3, 0.4) is 0 Å². The molecule has 0 saturated heterocycles. The van der Waals surface area contributed by atoms with Gasteiger partial charge in [0.15, 0.2) is 6.10 Å². The maximum atomic E-state index is 12.9. The Kier molecular flexibility index (Phi) is 65.7. The van der Waals surface area contributed by atoms with Crippen molar-refractivity contribution in [1.29, 1.82) is 0 Å². The highest BCUT2D eigenvalue weighted by atomic mass is 16.6. The van der Waals surface area contributed by atoms with Gasteiger partial charge in [-0.1, -0.05) is 325 Å². The molecular formula is C74H132O6. The van der Waals surface area contributed by atoms with Gasteiger partial charge in [-0.25, -0.2) is 0 Å². The Morgan fingerprint density at radius 2 is 0.487 bits per heavy atom. The normalized spacial score (nSPS) is 12.5. The molecular weight excluding hydrogens is 985 g/mol. The van der Waals surface area contributed by atoms with E-state index in [2.05, 4.69) is 93.7 Å². The van der Waals surface area contributed by atoms with E-state index in [1.54, 1.807) is 0 Å². The van der Waals surface area contributed by atoms with Crippen LogP contribution in [0, 0.1) is 0 Å². The predicted molar refractivity (Wildman–Crippen MR) is 348 cm³/mol. The van der Waals surface area contributed by atoms with Gasteiger partial charge in [0.05, 0.1) is 0 Å². The van der Waals surface area contributed by atoms with Gasteiger partial charge in [-0.3, -0.25) is 14.4 Å². The molecule has 0 bridgehead atoms. The summed E-state index contributed by atoms with van der Waals surface area (Å²) in [5, 5.41) is 0. The van der Waals surface area contributed by atoms with Gasteiger partial charge in [0.25, 0.3) is 0 Å². The lowest BCUT2D eigenvalue weighted by molar-refractivity contribution is -0.167. The summed E-state index contributed by atoms with van der Waals surface area (Å²) in [6.07, 6.45) is 89.2. The summed E-state index contributed by atoms with van der Waals surface area (Å²) in [4.78, 5) is 38.4. The molecule has 80 heavy (non-hydrogen) atoms.